The highest BCUT2D eigenvalue weighted by atomic mass is 16.6. The standard InChI is InChI=1S/C14H18N2O4/c1-15(10-5-3-2-4-6-10)14(18)12-9-11(17)7-8-13(12)16(19)20/h7-10,17H,2-6H2,1H3. The molecule has 1 aromatic carbocycles. The molecule has 108 valence electrons. The third-order valence-electron chi connectivity index (χ3n) is 3.85. The Morgan fingerprint density at radius 1 is 1.35 bits per heavy atom. The van der Waals surface area contributed by atoms with Gasteiger partial charge in [-0.3, -0.25) is 14.9 Å². The van der Waals surface area contributed by atoms with E-state index in [9.17, 15) is 20.0 Å². The highest BCUT2D eigenvalue weighted by Gasteiger charge is 2.28. The predicted octanol–water partition coefficient (Wildman–Crippen LogP) is 2.71. The van der Waals surface area contributed by atoms with Gasteiger partial charge in [0.05, 0.1) is 4.92 Å². The number of amides is 1. The molecule has 0 unspecified atom stereocenters. The molecule has 0 spiro atoms. The SMILES string of the molecule is CN(C(=O)c1cc(O)ccc1[N+](=O)[O-])C1CCCCC1. The van der Waals surface area contributed by atoms with E-state index in [1.54, 1.807) is 11.9 Å². The van der Waals surface area contributed by atoms with E-state index >= 15 is 0 Å². The first kappa shape index (κ1) is 14.3. The van der Waals surface area contributed by atoms with Gasteiger partial charge in [-0.2, -0.15) is 0 Å². The minimum absolute atomic E-state index is 0.0527. The fourth-order valence-corrected chi connectivity index (χ4v) is 2.68. The largest absolute Gasteiger partial charge is 0.508 e. The maximum absolute atomic E-state index is 12.4. The number of nitro groups is 1. The van der Waals surface area contributed by atoms with Crippen LogP contribution in [0.1, 0.15) is 42.5 Å². The smallest absolute Gasteiger partial charge is 0.282 e. The Bertz CT molecular complexity index is 524. The minimum atomic E-state index is -0.596. The molecular weight excluding hydrogens is 260 g/mol. The van der Waals surface area contributed by atoms with Crippen molar-refractivity contribution in [1.82, 2.24) is 4.90 Å². The zero-order valence-corrected chi connectivity index (χ0v) is 11.4. The second-order valence-electron chi connectivity index (χ2n) is 5.17. The average molecular weight is 278 g/mol. The molecule has 0 saturated heterocycles. The minimum Gasteiger partial charge on any atom is -0.508 e. The molecule has 6 nitrogen and oxygen atoms in total. The van der Waals surface area contributed by atoms with E-state index in [4.69, 9.17) is 0 Å². The van der Waals surface area contributed by atoms with Crippen LogP contribution >= 0.6 is 0 Å². The lowest BCUT2D eigenvalue weighted by atomic mass is 9.94. The van der Waals surface area contributed by atoms with Crippen LogP contribution in [0.25, 0.3) is 0 Å². The monoisotopic (exact) mass is 278 g/mol. The highest BCUT2D eigenvalue weighted by Crippen LogP contribution is 2.27. The van der Waals surface area contributed by atoms with Crippen LogP contribution in [0, 0.1) is 10.1 Å². The van der Waals surface area contributed by atoms with Crippen molar-refractivity contribution >= 4 is 11.6 Å². The van der Waals surface area contributed by atoms with Gasteiger partial charge in [0.1, 0.15) is 11.3 Å². The molecule has 6 heteroatoms. The summed E-state index contributed by atoms with van der Waals surface area (Å²) >= 11 is 0. The molecule has 1 aromatic rings. The zero-order valence-electron chi connectivity index (χ0n) is 11.4. The number of phenols is 1. The third-order valence-corrected chi connectivity index (χ3v) is 3.85. The normalized spacial score (nSPS) is 15.8. The Morgan fingerprint density at radius 3 is 2.60 bits per heavy atom. The molecule has 1 aliphatic carbocycles. The number of aromatic hydroxyl groups is 1. The summed E-state index contributed by atoms with van der Waals surface area (Å²) in [5.74, 6) is -0.546. The van der Waals surface area contributed by atoms with Crippen LogP contribution in [0.5, 0.6) is 5.75 Å². The lowest BCUT2D eigenvalue weighted by molar-refractivity contribution is -0.385. The fraction of sp³-hybridized carbons (Fsp3) is 0.500. The summed E-state index contributed by atoms with van der Waals surface area (Å²) in [6, 6.07) is 3.67. The van der Waals surface area contributed by atoms with Crippen LogP contribution in [0.3, 0.4) is 0 Å². The number of hydrogen-bond acceptors (Lipinski definition) is 4. The maximum Gasteiger partial charge on any atom is 0.282 e. The third kappa shape index (κ3) is 2.89. The predicted molar refractivity (Wildman–Crippen MR) is 73.7 cm³/mol. The first-order valence-corrected chi connectivity index (χ1v) is 6.75. The fourth-order valence-electron chi connectivity index (χ4n) is 2.68. The van der Waals surface area contributed by atoms with Crippen LogP contribution in [0.2, 0.25) is 0 Å². The number of rotatable bonds is 3. The molecule has 1 aliphatic rings. The quantitative estimate of drug-likeness (QED) is 0.680. The second kappa shape index (κ2) is 5.90. The van der Waals surface area contributed by atoms with E-state index in [0.29, 0.717) is 0 Å². The Hall–Kier alpha value is -2.11. The van der Waals surface area contributed by atoms with Gasteiger partial charge in [0.25, 0.3) is 11.6 Å². The molecule has 0 heterocycles. The van der Waals surface area contributed by atoms with Gasteiger partial charge in [0.2, 0.25) is 0 Å². The van der Waals surface area contributed by atoms with Crippen molar-refractivity contribution in [1.29, 1.82) is 0 Å². The van der Waals surface area contributed by atoms with Gasteiger partial charge in [-0.15, -0.1) is 0 Å². The van der Waals surface area contributed by atoms with Crippen molar-refractivity contribution in [3.05, 3.63) is 33.9 Å². The molecule has 1 saturated carbocycles. The van der Waals surface area contributed by atoms with E-state index in [1.165, 1.54) is 18.6 Å². The molecule has 0 bridgehead atoms. The van der Waals surface area contributed by atoms with Gasteiger partial charge in [0, 0.05) is 19.2 Å². The van der Waals surface area contributed by atoms with E-state index in [-0.39, 0.29) is 23.0 Å². The van der Waals surface area contributed by atoms with Crippen LogP contribution < -0.4 is 0 Å². The molecular formula is C14H18N2O4. The molecule has 1 fully saturated rings. The Balaban J connectivity index is 2.27. The van der Waals surface area contributed by atoms with Gasteiger partial charge in [-0.1, -0.05) is 19.3 Å². The van der Waals surface area contributed by atoms with Crippen molar-refractivity contribution < 1.29 is 14.8 Å². The zero-order chi connectivity index (χ0) is 14.7. The van der Waals surface area contributed by atoms with Crippen molar-refractivity contribution in [2.24, 2.45) is 0 Å². The van der Waals surface area contributed by atoms with Gasteiger partial charge in [0.15, 0.2) is 0 Å². The van der Waals surface area contributed by atoms with Crippen LogP contribution in [-0.4, -0.2) is 33.9 Å². The summed E-state index contributed by atoms with van der Waals surface area (Å²) in [6.07, 6.45) is 5.17. The number of nitro benzene ring substituents is 1. The number of carbonyl (C=O) groups excluding carboxylic acids is 1. The number of nitrogens with zero attached hydrogens (tertiary/aromatic N) is 2. The first-order valence-electron chi connectivity index (χ1n) is 6.75. The maximum atomic E-state index is 12.4. The Morgan fingerprint density at radius 2 is 2.00 bits per heavy atom. The summed E-state index contributed by atoms with van der Waals surface area (Å²) in [5, 5.41) is 20.5. The van der Waals surface area contributed by atoms with Crippen molar-refractivity contribution in [3.63, 3.8) is 0 Å². The number of benzene rings is 1. The average Bonchev–Trinajstić information content (AvgIpc) is 2.46. The van der Waals surface area contributed by atoms with Crippen LogP contribution in [-0.2, 0) is 0 Å². The first-order chi connectivity index (χ1) is 9.50. The van der Waals surface area contributed by atoms with Gasteiger partial charge >= 0.3 is 0 Å². The van der Waals surface area contributed by atoms with E-state index in [0.717, 1.165) is 31.7 Å². The van der Waals surface area contributed by atoms with Gasteiger partial charge in [-0.25, -0.2) is 0 Å². The molecule has 0 atom stereocenters. The van der Waals surface area contributed by atoms with Gasteiger partial charge in [-0.05, 0) is 25.0 Å². The summed E-state index contributed by atoms with van der Waals surface area (Å²) in [7, 11) is 1.67. The lowest BCUT2D eigenvalue weighted by Gasteiger charge is -2.31. The van der Waals surface area contributed by atoms with E-state index in [2.05, 4.69) is 0 Å². The van der Waals surface area contributed by atoms with Crippen LogP contribution in [0.15, 0.2) is 18.2 Å². The second-order valence-corrected chi connectivity index (χ2v) is 5.17. The van der Waals surface area contributed by atoms with Crippen LogP contribution in [0.4, 0.5) is 5.69 Å². The summed E-state index contributed by atoms with van der Waals surface area (Å²) in [6.45, 7) is 0. The van der Waals surface area contributed by atoms with Crippen molar-refractivity contribution in [2.45, 2.75) is 38.1 Å². The molecule has 1 N–H and O–H groups in total. The highest BCUT2D eigenvalue weighted by molar-refractivity contribution is 5.98. The summed E-state index contributed by atoms with van der Waals surface area (Å²) in [5.41, 5.74) is -0.321. The lowest BCUT2D eigenvalue weighted by Crippen LogP contribution is -2.38. The Kier molecular flexibility index (Phi) is 4.22. The number of hydrogen-bond donors (Lipinski definition) is 1. The molecule has 0 aliphatic heterocycles. The van der Waals surface area contributed by atoms with Gasteiger partial charge < -0.3 is 10.0 Å². The topological polar surface area (TPSA) is 83.7 Å². The summed E-state index contributed by atoms with van der Waals surface area (Å²) < 4.78 is 0. The van der Waals surface area contributed by atoms with Crippen molar-refractivity contribution in [2.75, 3.05) is 7.05 Å². The Labute approximate surface area is 117 Å². The molecule has 20 heavy (non-hydrogen) atoms. The number of phenolic OH excluding ortho intramolecular Hbond substituents is 1. The van der Waals surface area contributed by atoms with Crippen molar-refractivity contribution in [3.8, 4) is 5.75 Å². The molecule has 2 rings (SSSR count). The number of carbonyl (C=O) groups is 1. The summed E-state index contributed by atoms with van der Waals surface area (Å²) in [4.78, 5) is 24.4. The molecule has 0 radical (unpaired) electrons. The molecule has 1 amide bonds. The molecule has 0 aromatic heterocycles. The van der Waals surface area contributed by atoms with E-state index in [1.807, 2.05) is 0 Å². The van der Waals surface area contributed by atoms with E-state index < -0.39 is 10.8 Å².